The molecule has 1 aromatic carbocycles. The van der Waals surface area contributed by atoms with Crippen LogP contribution in [0.3, 0.4) is 0 Å². The predicted octanol–water partition coefficient (Wildman–Crippen LogP) is 2.76. The SMILES string of the molecule is C=CCN(CC=C)CC(=O)NCc1ccc(OC(C)C)cc1. The van der Waals surface area contributed by atoms with E-state index in [1.165, 1.54) is 0 Å². The number of carbonyl (C=O) groups excluding carboxylic acids is 1. The summed E-state index contributed by atoms with van der Waals surface area (Å²) in [7, 11) is 0. The van der Waals surface area contributed by atoms with Gasteiger partial charge in [0.15, 0.2) is 0 Å². The quantitative estimate of drug-likeness (QED) is 0.676. The summed E-state index contributed by atoms with van der Waals surface area (Å²) in [6.45, 7) is 13.6. The Hall–Kier alpha value is -2.07. The van der Waals surface area contributed by atoms with E-state index in [0.717, 1.165) is 11.3 Å². The van der Waals surface area contributed by atoms with Gasteiger partial charge in [-0.1, -0.05) is 24.3 Å². The minimum Gasteiger partial charge on any atom is -0.491 e. The molecule has 0 unspecified atom stereocenters. The van der Waals surface area contributed by atoms with Gasteiger partial charge in [0.25, 0.3) is 0 Å². The van der Waals surface area contributed by atoms with Crippen LogP contribution in [0.15, 0.2) is 49.6 Å². The molecule has 0 aromatic heterocycles. The van der Waals surface area contributed by atoms with Gasteiger partial charge in [-0.25, -0.2) is 0 Å². The summed E-state index contributed by atoms with van der Waals surface area (Å²) < 4.78 is 5.59. The van der Waals surface area contributed by atoms with Gasteiger partial charge >= 0.3 is 0 Å². The molecule has 0 spiro atoms. The molecule has 0 atom stereocenters. The highest BCUT2D eigenvalue weighted by Gasteiger charge is 2.07. The largest absolute Gasteiger partial charge is 0.491 e. The first kappa shape index (κ1) is 18.0. The number of hydrogen-bond donors (Lipinski definition) is 1. The summed E-state index contributed by atoms with van der Waals surface area (Å²) in [6, 6.07) is 7.76. The van der Waals surface area contributed by atoms with Gasteiger partial charge < -0.3 is 10.1 Å². The number of nitrogens with zero attached hydrogens (tertiary/aromatic N) is 1. The molecule has 1 aromatic rings. The molecule has 0 saturated carbocycles. The smallest absolute Gasteiger partial charge is 0.234 e. The zero-order valence-electron chi connectivity index (χ0n) is 13.5. The van der Waals surface area contributed by atoms with Crippen molar-refractivity contribution in [2.24, 2.45) is 0 Å². The van der Waals surface area contributed by atoms with Gasteiger partial charge in [0.2, 0.25) is 5.91 Å². The van der Waals surface area contributed by atoms with Gasteiger partial charge in [0.1, 0.15) is 5.75 Å². The van der Waals surface area contributed by atoms with Crippen molar-refractivity contribution in [2.75, 3.05) is 19.6 Å². The maximum absolute atomic E-state index is 11.9. The van der Waals surface area contributed by atoms with Gasteiger partial charge in [-0.05, 0) is 31.5 Å². The molecule has 0 bridgehead atoms. The Morgan fingerprint density at radius 2 is 1.82 bits per heavy atom. The molecule has 1 amide bonds. The van der Waals surface area contributed by atoms with Crippen LogP contribution in [0, 0.1) is 0 Å². The Morgan fingerprint density at radius 3 is 2.32 bits per heavy atom. The first-order chi connectivity index (χ1) is 10.5. The number of rotatable bonds is 10. The summed E-state index contributed by atoms with van der Waals surface area (Å²) in [4.78, 5) is 13.9. The van der Waals surface area contributed by atoms with Crippen LogP contribution in [-0.2, 0) is 11.3 Å². The van der Waals surface area contributed by atoms with E-state index in [9.17, 15) is 4.79 Å². The van der Waals surface area contributed by atoms with Crippen LogP contribution < -0.4 is 10.1 Å². The van der Waals surface area contributed by atoms with E-state index in [1.807, 2.05) is 43.0 Å². The van der Waals surface area contributed by atoms with E-state index in [1.54, 1.807) is 12.2 Å². The van der Waals surface area contributed by atoms with Crippen LogP contribution in [0.4, 0.5) is 0 Å². The molecule has 0 aliphatic heterocycles. The van der Waals surface area contributed by atoms with E-state index >= 15 is 0 Å². The molecule has 0 heterocycles. The van der Waals surface area contributed by atoms with Crippen molar-refractivity contribution in [3.05, 3.63) is 55.1 Å². The van der Waals surface area contributed by atoms with Crippen molar-refractivity contribution < 1.29 is 9.53 Å². The molecule has 0 aliphatic rings. The van der Waals surface area contributed by atoms with Crippen LogP contribution in [0.1, 0.15) is 19.4 Å². The molecule has 4 nitrogen and oxygen atoms in total. The third-order valence-electron chi connectivity index (χ3n) is 2.93. The number of benzene rings is 1. The van der Waals surface area contributed by atoms with Crippen molar-refractivity contribution >= 4 is 5.91 Å². The second kappa shape index (κ2) is 9.79. The summed E-state index contributed by atoms with van der Waals surface area (Å²) in [5.74, 6) is 0.833. The molecule has 0 radical (unpaired) electrons. The molecular formula is C18H26N2O2. The lowest BCUT2D eigenvalue weighted by molar-refractivity contribution is -0.122. The molecular weight excluding hydrogens is 276 g/mol. The molecule has 0 aliphatic carbocycles. The van der Waals surface area contributed by atoms with Gasteiger partial charge in [0.05, 0.1) is 12.6 Å². The van der Waals surface area contributed by atoms with Crippen molar-refractivity contribution in [3.8, 4) is 5.75 Å². The summed E-state index contributed by atoms with van der Waals surface area (Å²) in [5.41, 5.74) is 1.04. The fraction of sp³-hybridized carbons (Fsp3) is 0.389. The zero-order valence-corrected chi connectivity index (χ0v) is 13.5. The lowest BCUT2D eigenvalue weighted by atomic mass is 10.2. The summed E-state index contributed by atoms with van der Waals surface area (Å²) >= 11 is 0. The number of nitrogens with one attached hydrogen (secondary N) is 1. The maximum atomic E-state index is 11.9. The Bertz CT molecular complexity index is 470. The van der Waals surface area contributed by atoms with E-state index in [0.29, 0.717) is 26.2 Å². The van der Waals surface area contributed by atoms with E-state index in [-0.39, 0.29) is 12.0 Å². The van der Waals surface area contributed by atoms with Crippen molar-refractivity contribution in [2.45, 2.75) is 26.5 Å². The standard InChI is InChI=1S/C18H26N2O2/c1-5-11-20(12-6-2)14-18(21)19-13-16-7-9-17(10-8-16)22-15(3)4/h5-10,15H,1-2,11-14H2,3-4H3,(H,19,21). The fourth-order valence-corrected chi connectivity index (χ4v) is 1.99. The van der Waals surface area contributed by atoms with E-state index in [2.05, 4.69) is 18.5 Å². The average molecular weight is 302 g/mol. The molecule has 120 valence electrons. The van der Waals surface area contributed by atoms with E-state index < -0.39 is 0 Å². The number of hydrogen-bond acceptors (Lipinski definition) is 3. The van der Waals surface area contributed by atoms with Gasteiger partial charge in [0, 0.05) is 19.6 Å². The van der Waals surface area contributed by atoms with Crippen LogP contribution in [0.5, 0.6) is 5.75 Å². The highest BCUT2D eigenvalue weighted by molar-refractivity contribution is 5.78. The lowest BCUT2D eigenvalue weighted by Crippen LogP contribution is -2.37. The number of ether oxygens (including phenoxy) is 1. The molecule has 0 fully saturated rings. The third-order valence-corrected chi connectivity index (χ3v) is 2.93. The van der Waals surface area contributed by atoms with Crippen molar-refractivity contribution in [1.82, 2.24) is 10.2 Å². The van der Waals surface area contributed by atoms with Crippen LogP contribution in [-0.4, -0.2) is 36.5 Å². The van der Waals surface area contributed by atoms with Crippen molar-refractivity contribution in [1.29, 1.82) is 0 Å². The Morgan fingerprint density at radius 1 is 1.23 bits per heavy atom. The third kappa shape index (κ3) is 7.09. The highest BCUT2D eigenvalue weighted by Crippen LogP contribution is 2.13. The van der Waals surface area contributed by atoms with Gasteiger partial charge in [-0.15, -0.1) is 13.2 Å². The normalized spacial score (nSPS) is 10.5. The second-order valence-electron chi connectivity index (χ2n) is 5.36. The minimum absolute atomic E-state index is 0.00814. The first-order valence-corrected chi connectivity index (χ1v) is 7.51. The minimum atomic E-state index is -0.00814. The van der Waals surface area contributed by atoms with E-state index in [4.69, 9.17) is 4.74 Å². The van der Waals surface area contributed by atoms with Crippen LogP contribution in [0.25, 0.3) is 0 Å². The second-order valence-corrected chi connectivity index (χ2v) is 5.36. The van der Waals surface area contributed by atoms with Gasteiger partial charge in [-0.3, -0.25) is 9.69 Å². The van der Waals surface area contributed by atoms with Gasteiger partial charge in [-0.2, -0.15) is 0 Å². The molecule has 1 N–H and O–H groups in total. The van der Waals surface area contributed by atoms with Crippen molar-refractivity contribution in [3.63, 3.8) is 0 Å². The lowest BCUT2D eigenvalue weighted by Gasteiger charge is -2.18. The predicted molar refractivity (Wildman–Crippen MR) is 90.9 cm³/mol. The summed E-state index contributed by atoms with van der Waals surface area (Å²) in [5, 5.41) is 2.92. The Kier molecular flexibility index (Phi) is 8.00. The fourth-order valence-electron chi connectivity index (χ4n) is 1.99. The maximum Gasteiger partial charge on any atom is 0.234 e. The average Bonchev–Trinajstić information content (AvgIpc) is 2.46. The first-order valence-electron chi connectivity index (χ1n) is 7.51. The molecule has 0 saturated heterocycles. The molecule has 22 heavy (non-hydrogen) atoms. The number of carbonyl (C=O) groups is 1. The summed E-state index contributed by atoms with van der Waals surface area (Å²) in [6.07, 6.45) is 3.72. The Balaban J connectivity index is 2.42. The zero-order chi connectivity index (χ0) is 16.4. The molecule has 4 heteroatoms. The topological polar surface area (TPSA) is 41.6 Å². The van der Waals surface area contributed by atoms with Crippen LogP contribution in [0.2, 0.25) is 0 Å². The Labute approximate surface area is 133 Å². The monoisotopic (exact) mass is 302 g/mol. The molecule has 1 rings (SSSR count). The number of amides is 1. The highest BCUT2D eigenvalue weighted by atomic mass is 16.5. The van der Waals surface area contributed by atoms with Crippen LogP contribution >= 0.6 is 0 Å².